The largest absolute Gasteiger partial charge is 0.496 e. The average molecular weight is 279 g/mol. The summed E-state index contributed by atoms with van der Waals surface area (Å²) in [4.78, 5) is 0. The summed E-state index contributed by atoms with van der Waals surface area (Å²) >= 11 is 0. The Morgan fingerprint density at radius 1 is 1.05 bits per heavy atom. The van der Waals surface area contributed by atoms with Crippen LogP contribution in [0.1, 0.15) is 25.8 Å². The first-order valence-electron chi connectivity index (χ1n) is 6.87. The predicted octanol–water partition coefficient (Wildman–Crippen LogP) is 3.11. The smallest absolute Gasteiger partial charge is 0.164 e. The standard InChI is InChI=1S/C16H25NO3/c1-6-9-17-12(2)7-8-13-10-15(19-4)16(20-5)11-14(13)18-3/h7-8,10-12,17H,6,9H2,1-5H3/b8-7+. The van der Waals surface area contributed by atoms with Crippen molar-refractivity contribution in [3.8, 4) is 17.2 Å². The van der Waals surface area contributed by atoms with E-state index < -0.39 is 0 Å². The number of nitrogens with one attached hydrogen (secondary N) is 1. The maximum absolute atomic E-state index is 5.39. The molecule has 1 N–H and O–H groups in total. The number of rotatable bonds is 8. The molecule has 0 heterocycles. The Hall–Kier alpha value is -1.68. The zero-order valence-corrected chi connectivity index (χ0v) is 13.0. The number of hydrogen-bond donors (Lipinski definition) is 1. The Morgan fingerprint density at radius 2 is 1.65 bits per heavy atom. The van der Waals surface area contributed by atoms with Crippen LogP contribution in [-0.4, -0.2) is 33.9 Å². The first-order chi connectivity index (χ1) is 9.65. The molecule has 1 aromatic rings. The minimum Gasteiger partial charge on any atom is -0.496 e. The topological polar surface area (TPSA) is 39.7 Å². The molecular weight excluding hydrogens is 254 g/mol. The van der Waals surface area contributed by atoms with Crippen molar-refractivity contribution < 1.29 is 14.2 Å². The zero-order chi connectivity index (χ0) is 15.0. The van der Waals surface area contributed by atoms with Gasteiger partial charge in [-0.1, -0.05) is 19.1 Å². The summed E-state index contributed by atoms with van der Waals surface area (Å²) in [5.74, 6) is 2.13. The summed E-state index contributed by atoms with van der Waals surface area (Å²) in [6.45, 7) is 5.29. The SMILES string of the molecule is CCCNC(C)/C=C/c1cc(OC)c(OC)cc1OC. The zero-order valence-electron chi connectivity index (χ0n) is 13.0. The summed E-state index contributed by atoms with van der Waals surface area (Å²) in [5, 5.41) is 3.41. The van der Waals surface area contributed by atoms with E-state index in [9.17, 15) is 0 Å². The van der Waals surface area contributed by atoms with Gasteiger partial charge in [0.15, 0.2) is 11.5 Å². The molecule has 0 saturated carbocycles. The minimum absolute atomic E-state index is 0.313. The van der Waals surface area contributed by atoms with Crippen molar-refractivity contribution in [2.24, 2.45) is 0 Å². The second-order valence-electron chi connectivity index (χ2n) is 4.55. The van der Waals surface area contributed by atoms with Gasteiger partial charge in [-0.25, -0.2) is 0 Å². The highest BCUT2D eigenvalue weighted by atomic mass is 16.5. The van der Waals surface area contributed by atoms with E-state index in [4.69, 9.17) is 14.2 Å². The molecule has 0 bridgehead atoms. The van der Waals surface area contributed by atoms with Crippen LogP contribution in [0.15, 0.2) is 18.2 Å². The molecule has 0 radical (unpaired) electrons. The molecule has 112 valence electrons. The fourth-order valence-electron chi connectivity index (χ4n) is 1.87. The molecule has 0 aliphatic heterocycles. The molecule has 1 atom stereocenters. The summed E-state index contributed by atoms with van der Waals surface area (Å²) in [6.07, 6.45) is 5.27. The van der Waals surface area contributed by atoms with Gasteiger partial charge < -0.3 is 19.5 Å². The number of methoxy groups -OCH3 is 3. The molecule has 0 aromatic heterocycles. The number of benzene rings is 1. The average Bonchev–Trinajstić information content (AvgIpc) is 2.49. The van der Waals surface area contributed by atoms with Crippen molar-refractivity contribution >= 4 is 6.08 Å². The van der Waals surface area contributed by atoms with Crippen LogP contribution in [0.2, 0.25) is 0 Å². The fourth-order valence-corrected chi connectivity index (χ4v) is 1.87. The van der Waals surface area contributed by atoms with Crippen LogP contribution in [0.3, 0.4) is 0 Å². The highest BCUT2D eigenvalue weighted by Gasteiger charge is 2.10. The predicted molar refractivity (Wildman–Crippen MR) is 82.9 cm³/mol. The molecule has 0 spiro atoms. The van der Waals surface area contributed by atoms with Gasteiger partial charge >= 0.3 is 0 Å². The summed E-state index contributed by atoms with van der Waals surface area (Å²) in [5.41, 5.74) is 0.968. The van der Waals surface area contributed by atoms with Crippen molar-refractivity contribution in [2.45, 2.75) is 26.3 Å². The van der Waals surface area contributed by atoms with Gasteiger partial charge in [0.2, 0.25) is 0 Å². The Bertz CT molecular complexity index is 444. The van der Waals surface area contributed by atoms with Gasteiger partial charge in [-0.15, -0.1) is 0 Å². The van der Waals surface area contributed by atoms with Crippen molar-refractivity contribution in [1.29, 1.82) is 0 Å². The van der Waals surface area contributed by atoms with E-state index in [1.165, 1.54) is 0 Å². The van der Waals surface area contributed by atoms with Crippen LogP contribution in [0.4, 0.5) is 0 Å². The molecule has 0 fully saturated rings. The van der Waals surface area contributed by atoms with Crippen LogP contribution in [0.25, 0.3) is 6.08 Å². The Labute approximate surface area is 121 Å². The first-order valence-corrected chi connectivity index (χ1v) is 6.87. The van der Waals surface area contributed by atoms with Gasteiger partial charge in [-0.2, -0.15) is 0 Å². The van der Waals surface area contributed by atoms with E-state index in [1.54, 1.807) is 21.3 Å². The molecule has 4 heteroatoms. The normalized spacial score (nSPS) is 12.4. The molecular formula is C16H25NO3. The Morgan fingerprint density at radius 3 is 2.20 bits per heavy atom. The van der Waals surface area contributed by atoms with E-state index in [0.717, 1.165) is 24.3 Å². The van der Waals surface area contributed by atoms with Gasteiger partial charge in [0.25, 0.3) is 0 Å². The molecule has 0 aliphatic carbocycles. The highest BCUT2D eigenvalue weighted by molar-refractivity contribution is 5.63. The van der Waals surface area contributed by atoms with E-state index >= 15 is 0 Å². The molecule has 1 unspecified atom stereocenters. The van der Waals surface area contributed by atoms with Crippen LogP contribution in [0, 0.1) is 0 Å². The number of ether oxygens (including phenoxy) is 3. The lowest BCUT2D eigenvalue weighted by Gasteiger charge is -2.13. The molecule has 0 aliphatic rings. The maximum Gasteiger partial charge on any atom is 0.164 e. The minimum atomic E-state index is 0.313. The summed E-state index contributed by atoms with van der Waals surface area (Å²) in [6, 6.07) is 4.07. The van der Waals surface area contributed by atoms with Crippen molar-refractivity contribution in [3.63, 3.8) is 0 Å². The summed E-state index contributed by atoms with van der Waals surface area (Å²) in [7, 11) is 4.89. The van der Waals surface area contributed by atoms with E-state index in [-0.39, 0.29) is 0 Å². The van der Waals surface area contributed by atoms with Gasteiger partial charge in [0, 0.05) is 17.7 Å². The summed E-state index contributed by atoms with van der Waals surface area (Å²) < 4.78 is 16.0. The monoisotopic (exact) mass is 279 g/mol. The lowest BCUT2D eigenvalue weighted by molar-refractivity contribution is 0.348. The fraction of sp³-hybridized carbons (Fsp3) is 0.500. The molecule has 4 nitrogen and oxygen atoms in total. The van der Waals surface area contributed by atoms with Crippen LogP contribution < -0.4 is 19.5 Å². The Kier molecular flexibility index (Phi) is 6.94. The van der Waals surface area contributed by atoms with Crippen LogP contribution in [-0.2, 0) is 0 Å². The number of hydrogen-bond acceptors (Lipinski definition) is 4. The second-order valence-corrected chi connectivity index (χ2v) is 4.55. The third-order valence-electron chi connectivity index (χ3n) is 3.02. The first kappa shape index (κ1) is 16.4. The van der Waals surface area contributed by atoms with E-state index in [2.05, 4.69) is 25.2 Å². The maximum atomic E-state index is 5.39. The molecule has 1 rings (SSSR count). The molecule has 20 heavy (non-hydrogen) atoms. The van der Waals surface area contributed by atoms with Gasteiger partial charge in [-0.3, -0.25) is 0 Å². The van der Waals surface area contributed by atoms with E-state index in [1.807, 2.05) is 18.2 Å². The van der Waals surface area contributed by atoms with Gasteiger partial charge in [0.1, 0.15) is 5.75 Å². The molecule has 1 aromatic carbocycles. The van der Waals surface area contributed by atoms with Crippen molar-refractivity contribution in [2.75, 3.05) is 27.9 Å². The van der Waals surface area contributed by atoms with Crippen molar-refractivity contribution in [3.05, 3.63) is 23.8 Å². The van der Waals surface area contributed by atoms with Crippen LogP contribution in [0.5, 0.6) is 17.2 Å². The molecule has 0 saturated heterocycles. The van der Waals surface area contributed by atoms with Crippen molar-refractivity contribution in [1.82, 2.24) is 5.32 Å². The van der Waals surface area contributed by atoms with Gasteiger partial charge in [0.05, 0.1) is 21.3 Å². The third kappa shape index (κ3) is 4.46. The quantitative estimate of drug-likeness (QED) is 0.793. The lowest BCUT2D eigenvalue weighted by atomic mass is 10.1. The molecule has 0 amide bonds. The Balaban J connectivity index is 2.95. The lowest BCUT2D eigenvalue weighted by Crippen LogP contribution is -2.24. The van der Waals surface area contributed by atoms with E-state index in [0.29, 0.717) is 17.5 Å². The van der Waals surface area contributed by atoms with Crippen LogP contribution >= 0.6 is 0 Å². The highest BCUT2D eigenvalue weighted by Crippen LogP contribution is 2.35. The van der Waals surface area contributed by atoms with Gasteiger partial charge in [-0.05, 0) is 26.0 Å². The second kappa shape index (κ2) is 8.48. The third-order valence-corrected chi connectivity index (χ3v) is 3.02.